The van der Waals surface area contributed by atoms with Crippen molar-refractivity contribution in [2.45, 2.75) is 30.4 Å². The molecule has 3 unspecified atom stereocenters. The Kier molecular flexibility index (Phi) is 5.25. The fourth-order valence-corrected chi connectivity index (χ4v) is 4.20. The highest BCUT2D eigenvalue weighted by Gasteiger charge is 2.60. The molecule has 170 valence electrons. The van der Waals surface area contributed by atoms with Gasteiger partial charge in [-0.15, -0.1) is 0 Å². The van der Waals surface area contributed by atoms with Crippen molar-refractivity contribution < 1.29 is 35.9 Å². The molecule has 2 aromatic rings. The van der Waals surface area contributed by atoms with E-state index in [2.05, 4.69) is 15.3 Å². The second-order valence-electron chi connectivity index (χ2n) is 7.67. The Hall–Kier alpha value is -3.31. The number of carbonyl (C=O) groups is 1. The summed E-state index contributed by atoms with van der Waals surface area (Å²) in [6, 6.07) is 2.87. The number of anilines is 1. The molecule has 2 aliphatic rings. The van der Waals surface area contributed by atoms with Crippen LogP contribution in [0.4, 0.5) is 32.0 Å². The number of rotatable bonds is 4. The number of nitrogens with one attached hydrogen (secondary N) is 1. The minimum atomic E-state index is -3.19. The molecule has 12 heteroatoms. The molecule has 3 N–H and O–H groups in total. The zero-order chi connectivity index (χ0) is 23.3. The van der Waals surface area contributed by atoms with Crippen LogP contribution in [0.5, 0.6) is 0 Å². The van der Waals surface area contributed by atoms with Crippen LogP contribution in [0.2, 0.25) is 0 Å². The SMILES string of the molecule is NC1=NC(CF)(c2cc(NC(=O)c3ncc(F)cc3F)ccc2F)C2CC(F)(F)CC2O1. The number of carbonyl (C=O) groups excluding carboxylic acids is 1. The second kappa shape index (κ2) is 7.68. The number of nitrogens with zero attached hydrogens (tertiary/aromatic N) is 2. The van der Waals surface area contributed by atoms with Gasteiger partial charge < -0.3 is 15.8 Å². The number of fused-ring (bicyclic) bond motifs is 1. The minimum absolute atomic E-state index is 0.119. The summed E-state index contributed by atoms with van der Waals surface area (Å²) in [6.07, 6.45) is -2.09. The highest BCUT2D eigenvalue weighted by Crippen LogP contribution is 2.53. The fourth-order valence-electron chi connectivity index (χ4n) is 4.20. The van der Waals surface area contributed by atoms with Crippen LogP contribution >= 0.6 is 0 Å². The number of nitrogens with two attached hydrogens (primary N) is 1. The Bertz CT molecular complexity index is 1110. The first-order valence-electron chi connectivity index (χ1n) is 9.43. The van der Waals surface area contributed by atoms with Crippen molar-refractivity contribution in [3.8, 4) is 0 Å². The lowest BCUT2D eigenvalue weighted by Gasteiger charge is -2.40. The number of hydrogen-bond acceptors (Lipinski definition) is 5. The van der Waals surface area contributed by atoms with Gasteiger partial charge in [-0.2, -0.15) is 0 Å². The van der Waals surface area contributed by atoms with E-state index < -0.39 is 83.6 Å². The first-order valence-corrected chi connectivity index (χ1v) is 9.43. The van der Waals surface area contributed by atoms with E-state index >= 15 is 0 Å². The average molecular weight is 458 g/mol. The Morgan fingerprint density at radius 2 is 1.94 bits per heavy atom. The van der Waals surface area contributed by atoms with E-state index in [1.165, 1.54) is 0 Å². The van der Waals surface area contributed by atoms with Crippen molar-refractivity contribution >= 4 is 17.6 Å². The van der Waals surface area contributed by atoms with Crippen LogP contribution in [0.1, 0.15) is 28.9 Å². The average Bonchev–Trinajstić information content (AvgIpc) is 3.02. The zero-order valence-corrected chi connectivity index (χ0v) is 16.2. The number of ether oxygens (including phenoxy) is 1. The van der Waals surface area contributed by atoms with Crippen LogP contribution in [-0.2, 0) is 10.3 Å². The van der Waals surface area contributed by atoms with Crippen molar-refractivity contribution in [3.05, 3.63) is 59.2 Å². The largest absolute Gasteiger partial charge is 0.461 e. The Morgan fingerprint density at radius 1 is 1.19 bits per heavy atom. The molecule has 1 aromatic heterocycles. The van der Waals surface area contributed by atoms with Gasteiger partial charge in [-0.1, -0.05) is 0 Å². The summed E-state index contributed by atoms with van der Waals surface area (Å²) in [4.78, 5) is 19.6. The first kappa shape index (κ1) is 21.9. The van der Waals surface area contributed by atoms with Crippen LogP contribution in [0.3, 0.4) is 0 Å². The van der Waals surface area contributed by atoms with Crippen LogP contribution in [0.15, 0.2) is 35.5 Å². The number of pyridine rings is 1. The van der Waals surface area contributed by atoms with Crippen molar-refractivity contribution in [2.75, 3.05) is 12.0 Å². The van der Waals surface area contributed by atoms with Gasteiger partial charge in [0, 0.05) is 36.1 Å². The Morgan fingerprint density at radius 3 is 2.62 bits per heavy atom. The van der Waals surface area contributed by atoms with Gasteiger partial charge in [0.2, 0.25) is 0 Å². The molecule has 0 saturated heterocycles. The molecule has 4 rings (SSSR count). The number of amidine groups is 1. The maximum atomic E-state index is 14.8. The quantitative estimate of drug-likeness (QED) is 0.685. The summed E-state index contributed by atoms with van der Waals surface area (Å²) < 4.78 is 89.3. The summed E-state index contributed by atoms with van der Waals surface area (Å²) >= 11 is 0. The smallest absolute Gasteiger partial charge is 0.283 e. The molecule has 3 atom stereocenters. The normalized spacial score (nSPS) is 26.1. The minimum Gasteiger partial charge on any atom is -0.461 e. The van der Waals surface area contributed by atoms with Gasteiger partial charge in [0.25, 0.3) is 17.9 Å². The molecule has 0 radical (unpaired) electrons. The maximum Gasteiger partial charge on any atom is 0.283 e. The molecule has 1 saturated carbocycles. The third-order valence-electron chi connectivity index (χ3n) is 5.58. The molecule has 0 bridgehead atoms. The van der Waals surface area contributed by atoms with E-state index in [0.717, 1.165) is 18.2 Å². The van der Waals surface area contributed by atoms with Crippen LogP contribution in [0.25, 0.3) is 0 Å². The lowest BCUT2D eigenvalue weighted by molar-refractivity contribution is -0.00299. The fraction of sp³-hybridized carbons (Fsp3) is 0.350. The number of halogens is 6. The topological polar surface area (TPSA) is 89.6 Å². The van der Waals surface area contributed by atoms with Crippen LogP contribution in [-0.4, -0.2) is 35.6 Å². The van der Waals surface area contributed by atoms with E-state index in [1.54, 1.807) is 0 Å². The third-order valence-corrected chi connectivity index (χ3v) is 5.58. The molecular weight excluding hydrogens is 442 g/mol. The zero-order valence-electron chi connectivity index (χ0n) is 16.2. The van der Waals surface area contributed by atoms with E-state index in [-0.39, 0.29) is 5.69 Å². The van der Waals surface area contributed by atoms with E-state index in [1.807, 2.05) is 0 Å². The van der Waals surface area contributed by atoms with Gasteiger partial charge in [-0.3, -0.25) is 4.79 Å². The number of aliphatic imine (C=N–C) groups is 1. The Balaban J connectivity index is 1.73. The summed E-state index contributed by atoms with van der Waals surface area (Å²) in [5.41, 5.74) is 2.19. The molecule has 1 aromatic carbocycles. The molecule has 1 amide bonds. The van der Waals surface area contributed by atoms with Crippen LogP contribution in [0, 0.1) is 23.4 Å². The highest BCUT2D eigenvalue weighted by atomic mass is 19.3. The predicted molar refractivity (Wildman–Crippen MR) is 100 cm³/mol. The van der Waals surface area contributed by atoms with E-state index in [0.29, 0.717) is 12.3 Å². The maximum absolute atomic E-state index is 14.8. The van der Waals surface area contributed by atoms with Gasteiger partial charge in [0.15, 0.2) is 11.5 Å². The number of amides is 1. The Labute approximate surface area is 177 Å². The third kappa shape index (κ3) is 3.73. The van der Waals surface area contributed by atoms with Crippen molar-refractivity contribution in [1.82, 2.24) is 4.98 Å². The van der Waals surface area contributed by atoms with Gasteiger partial charge in [0.1, 0.15) is 30.0 Å². The van der Waals surface area contributed by atoms with Gasteiger partial charge in [-0.25, -0.2) is 36.3 Å². The summed E-state index contributed by atoms with van der Waals surface area (Å²) in [5.74, 6) is -8.71. The highest BCUT2D eigenvalue weighted by molar-refractivity contribution is 6.03. The molecule has 0 spiro atoms. The summed E-state index contributed by atoms with van der Waals surface area (Å²) in [6.45, 7) is -1.36. The van der Waals surface area contributed by atoms with Gasteiger partial charge in [-0.05, 0) is 18.2 Å². The lowest BCUT2D eigenvalue weighted by Crippen LogP contribution is -2.48. The molecule has 32 heavy (non-hydrogen) atoms. The van der Waals surface area contributed by atoms with Crippen molar-refractivity contribution in [2.24, 2.45) is 16.6 Å². The van der Waals surface area contributed by atoms with Crippen molar-refractivity contribution in [3.63, 3.8) is 0 Å². The molecular formula is C20H16F6N4O2. The monoisotopic (exact) mass is 458 g/mol. The number of benzene rings is 1. The number of aromatic nitrogens is 1. The molecule has 2 heterocycles. The molecule has 1 aliphatic carbocycles. The summed E-state index contributed by atoms with van der Waals surface area (Å²) in [7, 11) is 0. The van der Waals surface area contributed by atoms with Crippen LogP contribution < -0.4 is 11.1 Å². The van der Waals surface area contributed by atoms with Gasteiger partial charge in [0.05, 0.1) is 6.20 Å². The van der Waals surface area contributed by atoms with Gasteiger partial charge >= 0.3 is 0 Å². The summed E-state index contributed by atoms with van der Waals surface area (Å²) in [5, 5.41) is 2.24. The predicted octanol–water partition coefficient (Wildman–Crippen LogP) is 3.67. The number of alkyl halides is 3. The lowest BCUT2D eigenvalue weighted by atomic mass is 9.76. The molecule has 6 nitrogen and oxygen atoms in total. The van der Waals surface area contributed by atoms with E-state index in [9.17, 15) is 31.1 Å². The second-order valence-corrected chi connectivity index (χ2v) is 7.67. The number of hydrogen-bond donors (Lipinski definition) is 2. The van der Waals surface area contributed by atoms with Crippen molar-refractivity contribution in [1.29, 1.82) is 0 Å². The van der Waals surface area contributed by atoms with E-state index in [4.69, 9.17) is 10.5 Å². The standard InChI is InChI=1S/C20H16F6N4O2/c21-8-20(12-5-19(25,26)6-15(12)32-18(27)30-20)11-4-10(1-2-13(11)23)29-17(31)16-14(24)3-9(22)7-28-16/h1-4,7,12,15H,5-6,8H2,(H2,27,30)(H,29,31). The first-order chi connectivity index (χ1) is 15.0. The molecule has 1 aliphatic heterocycles. The molecule has 1 fully saturated rings.